The molecule has 0 saturated carbocycles. The molecule has 11 heavy (non-hydrogen) atoms. The van der Waals surface area contributed by atoms with E-state index in [4.69, 9.17) is 14.8 Å². The van der Waals surface area contributed by atoms with Gasteiger partial charge in [-0.1, -0.05) is 0 Å². The third-order valence-corrected chi connectivity index (χ3v) is 1.80. The Kier molecular flexibility index (Phi) is 2.40. The molecule has 0 amide bonds. The van der Waals surface area contributed by atoms with Gasteiger partial charge in [0.05, 0.1) is 10.6 Å². The van der Waals surface area contributed by atoms with Gasteiger partial charge in [-0.15, -0.1) is 0 Å². The highest BCUT2D eigenvalue weighted by Crippen LogP contribution is 2.11. The molecule has 0 bridgehead atoms. The fraction of sp³-hybridized carbons (Fsp3) is 0.200. The quantitative estimate of drug-likeness (QED) is 0.364. The van der Waals surface area contributed by atoms with E-state index < -0.39 is 17.4 Å². The standard InChI is InChI=1S/C5H7NO4S/c7-5(8)4-1-3(2-6-4)11(9)10/h1-2,5-8H,(H,9,10). The van der Waals surface area contributed by atoms with Crippen LogP contribution in [0.2, 0.25) is 0 Å². The maximum Gasteiger partial charge on any atom is 0.193 e. The summed E-state index contributed by atoms with van der Waals surface area (Å²) >= 11 is -2.08. The van der Waals surface area contributed by atoms with E-state index in [1.54, 1.807) is 0 Å². The predicted octanol–water partition coefficient (Wildman–Crippen LogP) is -0.421. The number of aromatic nitrogens is 1. The molecular formula is C5H7NO4S. The largest absolute Gasteiger partial charge is 0.363 e. The lowest BCUT2D eigenvalue weighted by Crippen LogP contribution is -1.93. The van der Waals surface area contributed by atoms with E-state index in [0.717, 1.165) is 0 Å². The lowest BCUT2D eigenvalue weighted by atomic mass is 10.4. The molecule has 4 N–H and O–H groups in total. The molecule has 0 radical (unpaired) electrons. The van der Waals surface area contributed by atoms with Crippen molar-refractivity contribution in [2.45, 2.75) is 11.2 Å². The molecule has 1 rings (SSSR count). The van der Waals surface area contributed by atoms with Crippen LogP contribution in [-0.2, 0) is 11.1 Å². The molecule has 0 aliphatic rings. The van der Waals surface area contributed by atoms with Gasteiger partial charge < -0.3 is 19.7 Å². The van der Waals surface area contributed by atoms with Crippen molar-refractivity contribution in [3.05, 3.63) is 18.0 Å². The molecule has 6 heteroatoms. The third kappa shape index (κ3) is 1.87. The molecule has 1 unspecified atom stereocenters. The van der Waals surface area contributed by atoms with E-state index in [2.05, 4.69) is 4.98 Å². The molecule has 0 saturated heterocycles. The maximum atomic E-state index is 10.4. The van der Waals surface area contributed by atoms with Crippen molar-refractivity contribution >= 4 is 11.1 Å². The van der Waals surface area contributed by atoms with Crippen molar-refractivity contribution in [1.29, 1.82) is 0 Å². The Morgan fingerprint density at radius 3 is 2.45 bits per heavy atom. The zero-order valence-corrected chi connectivity index (χ0v) is 6.21. The van der Waals surface area contributed by atoms with Gasteiger partial charge >= 0.3 is 0 Å². The molecule has 62 valence electrons. The van der Waals surface area contributed by atoms with Crippen LogP contribution in [0.4, 0.5) is 0 Å². The summed E-state index contributed by atoms with van der Waals surface area (Å²) in [7, 11) is 0. The van der Waals surface area contributed by atoms with Crippen LogP contribution in [0.1, 0.15) is 12.0 Å². The van der Waals surface area contributed by atoms with E-state index in [-0.39, 0.29) is 10.6 Å². The number of hydrogen-bond donors (Lipinski definition) is 4. The molecular weight excluding hydrogens is 170 g/mol. The van der Waals surface area contributed by atoms with E-state index in [9.17, 15) is 4.21 Å². The summed E-state index contributed by atoms with van der Waals surface area (Å²) in [6.45, 7) is 0. The molecule has 0 fully saturated rings. The van der Waals surface area contributed by atoms with Crippen molar-refractivity contribution in [3.63, 3.8) is 0 Å². The third-order valence-electron chi connectivity index (χ3n) is 1.16. The summed E-state index contributed by atoms with van der Waals surface area (Å²) in [5.74, 6) is 0. The lowest BCUT2D eigenvalue weighted by Gasteiger charge is -1.95. The van der Waals surface area contributed by atoms with E-state index >= 15 is 0 Å². The van der Waals surface area contributed by atoms with Gasteiger partial charge in [-0.3, -0.25) is 0 Å². The van der Waals surface area contributed by atoms with E-state index in [0.29, 0.717) is 0 Å². The highest BCUT2D eigenvalue weighted by molar-refractivity contribution is 7.79. The summed E-state index contributed by atoms with van der Waals surface area (Å²) in [4.78, 5) is 2.55. The molecule has 0 aliphatic carbocycles. The zero-order chi connectivity index (χ0) is 8.43. The second-order valence-electron chi connectivity index (χ2n) is 1.91. The summed E-state index contributed by atoms with van der Waals surface area (Å²) in [5, 5.41) is 17.1. The molecule has 5 nitrogen and oxygen atoms in total. The normalized spacial score (nSPS) is 13.8. The number of aliphatic hydroxyl groups excluding tert-OH is 1. The van der Waals surface area contributed by atoms with Crippen molar-refractivity contribution in [2.75, 3.05) is 0 Å². The highest BCUT2D eigenvalue weighted by atomic mass is 32.2. The van der Waals surface area contributed by atoms with E-state index in [1.807, 2.05) is 0 Å². The number of rotatable bonds is 2. The highest BCUT2D eigenvalue weighted by Gasteiger charge is 2.08. The number of aliphatic hydroxyl groups is 2. The van der Waals surface area contributed by atoms with Crippen molar-refractivity contribution in [3.8, 4) is 0 Å². The Balaban J connectivity index is 2.90. The molecule has 1 aromatic rings. The Morgan fingerprint density at radius 2 is 2.18 bits per heavy atom. The second kappa shape index (κ2) is 3.14. The molecule has 0 spiro atoms. The van der Waals surface area contributed by atoms with Crippen LogP contribution >= 0.6 is 0 Å². The van der Waals surface area contributed by atoms with Crippen LogP contribution in [-0.4, -0.2) is 24.0 Å². The monoisotopic (exact) mass is 177 g/mol. The summed E-state index contributed by atoms with van der Waals surface area (Å²) in [5.41, 5.74) is 0.0994. The van der Waals surface area contributed by atoms with Gasteiger partial charge in [0.25, 0.3) is 0 Å². The summed E-state index contributed by atoms with van der Waals surface area (Å²) in [6, 6.07) is 1.21. The zero-order valence-electron chi connectivity index (χ0n) is 5.39. The fourth-order valence-electron chi connectivity index (χ4n) is 0.641. The molecule has 0 aliphatic heterocycles. The second-order valence-corrected chi connectivity index (χ2v) is 2.88. The SMILES string of the molecule is O=S(O)c1c[nH]c(C(O)O)c1. The summed E-state index contributed by atoms with van der Waals surface area (Å²) < 4.78 is 18.9. The first-order valence-corrected chi connectivity index (χ1v) is 3.87. The Morgan fingerprint density at radius 1 is 1.55 bits per heavy atom. The van der Waals surface area contributed by atoms with Crippen LogP contribution in [0.25, 0.3) is 0 Å². The van der Waals surface area contributed by atoms with Gasteiger partial charge in [0, 0.05) is 6.20 Å². The van der Waals surface area contributed by atoms with Crippen LogP contribution in [0.3, 0.4) is 0 Å². The molecule has 1 aromatic heterocycles. The average molecular weight is 177 g/mol. The number of aromatic amines is 1. The van der Waals surface area contributed by atoms with Crippen LogP contribution in [0, 0.1) is 0 Å². The van der Waals surface area contributed by atoms with Gasteiger partial charge in [0.2, 0.25) is 0 Å². The Labute approximate surface area is 65.0 Å². The minimum absolute atomic E-state index is 0.0994. The first-order chi connectivity index (χ1) is 5.11. The van der Waals surface area contributed by atoms with Crippen molar-refractivity contribution in [1.82, 2.24) is 4.98 Å². The lowest BCUT2D eigenvalue weighted by molar-refractivity contribution is -0.0455. The predicted molar refractivity (Wildman–Crippen MR) is 37.0 cm³/mol. The Bertz CT molecular complexity index is 269. The molecule has 1 atom stereocenters. The number of H-pyrrole nitrogens is 1. The summed E-state index contributed by atoms with van der Waals surface area (Å²) in [6.07, 6.45) is -0.391. The van der Waals surface area contributed by atoms with Gasteiger partial charge in [0.1, 0.15) is 0 Å². The van der Waals surface area contributed by atoms with Crippen LogP contribution in [0.15, 0.2) is 17.2 Å². The first kappa shape index (κ1) is 8.41. The topological polar surface area (TPSA) is 93.5 Å². The Hall–Kier alpha value is -0.690. The van der Waals surface area contributed by atoms with E-state index in [1.165, 1.54) is 12.3 Å². The van der Waals surface area contributed by atoms with Gasteiger partial charge in [-0.05, 0) is 6.07 Å². The van der Waals surface area contributed by atoms with Crippen LogP contribution < -0.4 is 0 Å². The fourth-order valence-corrected chi connectivity index (χ4v) is 1.03. The van der Waals surface area contributed by atoms with Crippen LogP contribution in [0.5, 0.6) is 0 Å². The smallest absolute Gasteiger partial charge is 0.193 e. The minimum atomic E-state index is -2.08. The number of hydrogen-bond acceptors (Lipinski definition) is 3. The molecule has 0 aromatic carbocycles. The van der Waals surface area contributed by atoms with Gasteiger partial charge in [0.15, 0.2) is 17.4 Å². The van der Waals surface area contributed by atoms with Gasteiger partial charge in [-0.2, -0.15) is 0 Å². The average Bonchev–Trinajstić information content (AvgIpc) is 2.33. The number of nitrogens with one attached hydrogen (secondary N) is 1. The van der Waals surface area contributed by atoms with Crippen molar-refractivity contribution in [2.24, 2.45) is 0 Å². The molecule has 1 heterocycles. The first-order valence-electron chi connectivity index (χ1n) is 2.76. The minimum Gasteiger partial charge on any atom is -0.363 e. The maximum absolute atomic E-state index is 10.4. The van der Waals surface area contributed by atoms with Gasteiger partial charge in [-0.25, -0.2) is 4.21 Å². The van der Waals surface area contributed by atoms with Crippen molar-refractivity contribution < 1.29 is 19.0 Å².